The highest BCUT2D eigenvalue weighted by atomic mass is 35.5. The van der Waals surface area contributed by atoms with Gasteiger partial charge < -0.3 is 0 Å². The highest BCUT2D eigenvalue weighted by Gasteiger charge is 2.60. The smallest absolute Gasteiger partial charge is 0.259 e. The summed E-state index contributed by atoms with van der Waals surface area (Å²) >= 11 is 5.97. The molecule has 2 aromatic carbocycles. The molecule has 1 aromatic heterocycles. The molecule has 2 fully saturated rings. The van der Waals surface area contributed by atoms with Gasteiger partial charge in [-0.1, -0.05) is 23.7 Å². The van der Waals surface area contributed by atoms with Gasteiger partial charge in [0, 0.05) is 22.7 Å². The lowest BCUT2D eigenvalue weighted by molar-refractivity contribution is -0.136. The molecule has 2 N–H and O–H groups in total. The second-order valence-corrected chi connectivity index (χ2v) is 12.0. The molecule has 0 radical (unpaired) electrons. The number of fused-ring (bicyclic) bond motifs is 1. The van der Waals surface area contributed by atoms with Gasteiger partial charge in [0.25, 0.3) is 10.2 Å². The van der Waals surface area contributed by atoms with Gasteiger partial charge in [0.1, 0.15) is 6.54 Å². The molecule has 36 heavy (non-hydrogen) atoms. The Bertz CT molecular complexity index is 1430. The zero-order valence-electron chi connectivity index (χ0n) is 19.0. The number of nitrogens with one attached hydrogen (secondary N) is 2. The van der Waals surface area contributed by atoms with Crippen LogP contribution in [-0.4, -0.2) is 52.7 Å². The van der Waals surface area contributed by atoms with Gasteiger partial charge in [-0.2, -0.15) is 35.7 Å². The maximum Gasteiger partial charge on any atom is 0.402 e. The van der Waals surface area contributed by atoms with Crippen molar-refractivity contribution in [2.24, 2.45) is 11.8 Å². The van der Waals surface area contributed by atoms with Crippen LogP contribution in [0.5, 0.6) is 0 Å². The van der Waals surface area contributed by atoms with Gasteiger partial charge in [-0.05, 0) is 79.0 Å². The maximum absolute atomic E-state index is 13.1. The molecule has 1 aliphatic heterocycles. The quantitative estimate of drug-likeness (QED) is 0.519. The third-order valence-electron chi connectivity index (χ3n) is 7.77. The highest BCUT2D eigenvalue weighted by molar-refractivity contribution is 7.87. The largest absolute Gasteiger partial charge is 0.402 e. The zero-order valence-corrected chi connectivity index (χ0v) is 20.6. The lowest BCUT2D eigenvalue weighted by atomic mass is 9.79. The van der Waals surface area contributed by atoms with E-state index in [1.807, 2.05) is 30.3 Å². The van der Waals surface area contributed by atoms with Crippen molar-refractivity contribution in [2.75, 3.05) is 13.1 Å². The summed E-state index contributed by atoms with van der Waals surface area (Å²) in [4.78, 5) is 4.62. The number of alkyl halides is 3. The van der Waals surface area contributed by atoms with Crippen LogP contribution in [0.15, 0.2) is 42.5 Å². The summed E-state index contributed by atoms with van der Waals surface area (Å²) in [5.74, 6) is 0.982. The molecular formula is C24H23ClF3N5O2S. The van der Waals surface area contributed by atoms with E-state index in [1.54, 1.807) is 12.1 Å². The van der Waals surface area contributed by atoms with Crippen LogP contribution < -0.4 is 4.72 Å². The fraction of sp³-hybridized carbons (Fsp3) is 0.417. The standard InChI is InChI=1S/C24H23ClF3N5O2S/c25-20-7-3-14(4-8-20)21-29-22(31-30-21)16-2-1-15-10-18-5-6-19(11-17(15)9-16)23(18)12-33(13-24(26,27)28)36(34,35)32-23/h1-4,7-9,18-19,32H,5-6,10-13H2,(H,29,30,31)/t18-,19+,23-/m1/s1. The van der Waals surface area contributed by atoms with Gasteiger partial charge in [0.2, 0.25) is 0 Å². The van der Waals surface area contributed by atoms with Crippen LogP contribution in [0.3, 0.4) is 0 Å². The van der Waals surface area contributed by atoms with Crippen molar-refractivity contribution >= 4 is 21.8 Å². The zero-order chi connectivity index (χ0) is 25.3. The van der Waals surface area contributed by atoms with Crippen LogP contribution in [-0.2, 0) is 23.1 Å². The fourth-order valence-corrected chi connectivity index (χ4v) is 7.94. The number of H-pyrrole nitrogens is 1. The number of halogens is 4. The first-order valence-electron chi connectivity index (χ1n) is 11.7. The number of nitrogens with zero attached hydrogens (tertiary/aromatic N) is 3. The van der Waals surface area contributed by atoms with E-state index < -0.39 is 28.5 Å². The van der Waals surface area contributed by atoms with Crippen LogP contribution in [0.25, 0.3) is 22.8 Å². The summed E-state index contributed by atoms with van der Waals surface area (Å²) in [6.07, 6.45) is -1.87. The molecule has 12 heteroatoms. The number of hydrogen-bond donors (Lipinski definition) is 2. The predicted molar refractivity (Wildman–Crippen MR) is 128 cm³/mol. The van der Waals surface area contributed by atoms with Crippen molar-refractivity contribution in [2.45, 2.75) is 37.4 Å². The molecule has 7 nitrogen and oxygen atoms in total. The van der Waals surface area contributed by atoms with E-state index >= 15 is 0 Å². The molecule has 2 bridgehead atoms. The van der Waals surface area contributed by atoms with Gasteiger partial charge in [0.05, 0.1) is 5.54 Å². The Morgan fingerprint density at radius 2 is 1.69 bits per heavy atom. The third kappa shape index (κ3) is 4.11. The Morgan fingerprint density at radius 1 is 1.03 bits per heavy atom. The van der Waals surface area contributed by atoms with Crippen molar-refractivity contribution in [1.82, 2.24) is 24.2 Å². The van der Waals surface area contributed by atoms with Crippen LogP contribution in [0.2, 0.25) is 5.02 Å². The number of hydrogen-bond acceptors (Lipinski definition) is 4. The van der Waals surface area contributed by atoms with E-state index in [0.29, 0.717) is 33.8 Å². The number of aromatic nitrogens is 3. The predicted octanol–water partition coefficient (Wildman–Crippen LogP) is 4.37. The van der Waals surface area contributed by atoms with Crippen molar-refractivity contribution in [3.05, 3.63) is 58.6 Å². The molecule has 1 saturated carbocycles. The Labute approximate surface area is 211 Å². The fourth-order valence-electron chi connectivity index (χ4n) is 6.11. The van der Waals surface area contributed by atoms with Gasteiger partial charge in [-0.3, -0.25) is 5.10 Å². The van der Waals surface area contributed by atoms with Crippen LogP contribution in [0.4, 0.5) is 13.2 Å². The molecule has 3 aromatic rings. The van der Waals surface area contributed by atoms with E-state index in [4.69, 9.17) is 11.6 Å². The average molecular weight is 538 g/mol. The van der Waals surface area contributed by atoms with Gasteiger partial charge in [0.15, 0.2) is 11.6 Å². The van der Waals surface area contributed by atoms with Crippen molar-refractivity contribution in [1.29, 1.82) is 0 Å². The second-order valence-electron chi connectivity index (χ2n) is 9.91. The molecule has 0 amide bonds. The lowest BCUT2D eigenvalue weighted by Crippen LogP contribution is -2.52. The van der Waals surface area contributed by atoms with Crippen LogP contribution in [0, 0.1) is 11.8 Å². The number of benzene rings is 2. The first-order valence-corrected chi connectivity index (χ1v) is 13.5. The second kappa shape index (κ2) is 8.27. The van der Waals surface area contributed by atoms with E-state index in [-0.39, 0.29) is 18.4 Å². The summed E-state index contributed by atoms with van der Waals surface area (Å²) < 4.78 is 67.9. The van der Waals surface area contributed by atoms with Crippen molar-refractivity contribution in [3.63, 3.8) is 0 Å². The summed E-state index contributed by atoms with van der Waals surface area (Å²) in [6, 6.07) is 13.2. The van der Waals surface area contributed by atoms with E-state index in [9.17, 15) is 21.6 Å². The number of aromatic amines is 1. The summed E-state index contributed by atoms with van der Waals surface area (Å²) in [5.41, 5.74) is 2.93. The van der Waals surface area contributed by atoms with Gasteiger partial charge in [-0.15, -0.1) is 0 Å². The van der Waals surface area contributed by atoms with E-state index in [2.05, 4.69) is 19.9 Å². The normalized spacial score (nSPS) is 27.3. The average Bonchev–Trinajstić information content (AvgIpc) is 3.43. The minimum absolute atomic E-state index is 0.0670. The molecule has 6 rings (SSSR count). The lowest BCUT2D eigenvalue weighted by Gasteiger charge is -2.33. The first kappa shape index (κ1) is 23.9. The molecule has 3 aliphatic rings. The van der Waals surface area contributed by atoms with Crippen molar-refractivity contribution in [3.8, 4) is 22.8 Å². The summed E-state index contributed by atoms with van der Waals surface area (Å²) in [5, 5.41) is 7.95. The molecule has 1 saturated heterocycles. The maximum atomic E-state index is 13.1. The monoisotopic (exact) mass is 537 g/mol. The first-order chi connectivity index (χ1) is 17.0. The number of rotatable bonds is 3. The third-order valence-corrected chi connectivity index (χ3v) is 9.60. The molecule has 1 spiro atoms. The summed E-state index contributed by atoms with van der Waals surface area (Å²) in [7, 11) is -4.20. The highest BCUT2D eigenvalue weighted by Crippen LogP contribution is 2.50. The Morgan fingerprint density at radius 3 is 2.39 bits per heavy atom. The topological polar surface area (TPSA) is 91.0 Å². The molecule has 3 atom stereocenters. The molecule has 0 unspecified atom stereocenters. The van der Waals surface area contributed by atoms with E-state index in [1.165, 1.54) is 0 Å². The van der Waals surface area contributed by atoms with Crippen LogP contribution >= 0.6 is 11.6 Å². The van der Waals surface area contributed by atoms with Crippen molar-refractivity contribution < 1.29 is 21.6 Å². The van der Waals surface area contributed by atoms with Gasteiger partial charge >= 0.3 is 6.18 Å². The summed E-state index contributed by atoms with van der Waals surface area (Å²) in [6.45, 7) is -1.63. The Balaban J connectivity index is 1.29. The molecule has 190 valence electrons. The Kier molecular flexibility index (Phi) is 5.49. The minimum Gasteiger partial charge on any atom is -0.259 e. The van der Waals surface area contributed by atoms with Crippen LogP contribution in [0.1, 0.15) is 24.0 Å². The van der Waals surface area contributed by atoms with E-state index in [0.717, 1.165) is 35.1 Å². The SMILES string of the molecule is O=S1(=O)N[C@]2(CN1CC(F)(F)F)[C@@H]1CC[C@H]2Cc2cc(-c3n[nH]c(-c4ccc(Cl)cc4)n3)ccc2C1. The minimum atomic E-state index is -4.59. The molecule has 2 aliphatic carbocycles. The van der Waals surface area contributed by atoms with Gasteiger partial charge in [-0.25, -0.2) is 4.98 Å². The molecule has 2 heterocycles. The molecular weight excluding hydrogens is 515 g/mol. The Hall–Kier alpha value is -2.47.